The summed E-state index contributed by atoms with van der Waals surface area (Å²) in [6, 6.07) is 16.8. The Bertz CT molecular complexity index is 1150. The summed E-state index contributed by atoms with van der Waals surface area (Å²) in [5.74, 6) is 0.583. The lowest BCUT2D eigenvalue weighted by atomic mass is 10.00. The van der Waals surface area contributed by atoms with E-state index in [-0.39, 0.29) is 5.84 Å². The molecule has 1 heterocycles. The summed E-state index contributed by atoms with van der Waals surface area (Å²) in [4.78, 5) is 7.54. The number of rotatable bonds is 11. The highest BCUT2D eigenvalue weighted by Crippen LogP contribution is 2.41. The van der Waals surface area contributed by atoms with Gasteiger partial charge in [-0.1, -0.05) is 56.1 Å². The van der Waals surface area contributed by atoms with Crippen LogP contribution in [-0.2, 0) is 0 Å². The fourth-order valence-corrected chi connectivity index (χ4v) is 6.60. The molecule has 0 amide bonds. The second-order valence-electron chi connectivity index (χ2n) is 7.99. The van der Waals surface area contributed by atoms with Crippen LogP contribution in [0.4, 0.5) is 5.69 Å². The maximum Gasteiger partial charge on any atom is 0.193 e. The highest BCUT2D eigenvalue weighted by Gasteiger charge is 2.13. The maximum atomic E-state index is 7.74. The number of nitrogens with two attached hydrogens (primary N) is 2. The number of nitrogen functional groups attached to an aromatic ring is 1. The summed E-state index contributed by atoms with van der Waals surface area (Å²) >= 11 is 4.97. The van der Waals surface area contributed by atoms with Crippen LogP contribution in [-0.4, -0.2) is 24.6 Å². The Labute approximate surface area is 215 Å². The summed E-state index contributed by atoms with van der Waals surface area (Å²) < 4.78 is 1.18. The van der Waals surface area contributed by atoms with Gasteiger partial charge in [-0.25, -0.2) is 0 Å². The molecule has 0 bridgehead atoms. The number of aliphatic imine (C=N–C) groups is 1. The van der Waals surface area contributed by atoms with Gasteiger partial charge in [-0.3, -0.25) is 10.4 Å². The largest absolute Gasteiger partial charge is 0.383 e. The highest BCUT2D eigenvalue weighted by atomic mass is 32.2. The molecule has 0 aliphatic carbocycles. The third-order valence-corrected chi connectivity index (χ3v) is 8.88. The van der Waals surface area contributed by atoms with Gasteiger partial charge in [0, 0.05) is 22.0 Å². The number of thioether (sulfide) groups is 1. The van der Waals surface area contributed by atoms with Crippen LogP contribution in [0.3, 0.4) is 0 Å². The summed E-state index contributed by atoms with van der Waals surface area (Å²) in [7, 11) is 0. The number of nitrogens with one attached hydrogen (secondary N) is 2. The summed E-state index contributed by atoms with van der Waals surface area (Å²) in [5, 5.41) is 11.0. The SMILES string of the molecule is CCCCCCN=C(N)Nc1ccc(-c2cccc(Sc3cc(C(=N)N)sc3SC)c2)c(C)c1. The lowest BCUT2D eigenvalue weighted by Gasteiger charge is -2.12. The van der Waals surface area contributed by atoms with Crippen molar-refractivity contribution in [1.29, 1.82) is 5.41 Å². The first kappa shape index (κ1) is 26.2. The lowest BCUT2D eigenvalue weighted by Crippen LogP contribution is -2.22. The highest BCUT2D eigenvalue weighted by molar-refractivity contribution is 8.03. The van der Waals surface area contributed by atoms with Gasteiger partial charge in [0.15, 0.2) is 5.96 Å². The Hall–Kier alpha value is -2.42. The molecule has 0 radical (unpaired) electrons. The molecular weight excluding hydrogens is 479 g/mol. The van der Waals surface area contributed by atoms with E-state index in [0.29, 0.717) is 5.96 Å². The van der Waals surface area contributed by atoms with Gasteiger partial charge < -0.3 is 16.8 Å². The normalized spacial score (nSPS) is 11.6. The zero-order chi connectivity index (χ0) is 24.5. The van der Waals surface area contributed by atoms with Crippen molar-refractivity contribution in [1.82, 2.24) is 0 Å². The first-order valence-corrected chi connectivity index (χ1v) is 14.2. The molecule has 0 saturated heterocycles. The molecule has 180 valence electrons. The summed E-state index contributed by atoms with van der Waals surface area (Å²) in [6.07, 6.45) is 6.79. The molecule has 3 rings (SSSR count). The number of aryl methyl sites for hydroxylation is 1. The second-order valence-corrected chi connectivity index (χ2v) is 11.2. The van der Waals surface area contributed by atoms with Crippen LogP contribution < -0.4 is 16.8 Å². The Balaban J connectivity index is 1.72. The van der Waals surface area contributed by atoms with Crippen molar-refractivity contribution in [3.8, 4) is 11.1 Å². The van der Waals surface area contributed by atoms with Crippen molar-refractivity contribution in [2.75, 3.05) is 18.1 Å². The minimum Gasteiger partial charge on any atom is -0.383 e. The van der Waals surface area contributed by atoms with E-state index in [2.05, 4.69) is 66.8 Å². The molecule has 3 aromatic rings. The lowest BCUT2D eigenvalue weighted by molar-refractivity contribution is 0.675. The molecule has 5 nitrogen and oxygen atoms in total. The predicted octanol–water partition coefficient (Wildman–Crippen LogP) is 7.19. The molecule has 6 N–H and O–H groups in total. The van der Waals surface area contributed by atoms with Gasteiger partial charge in [-0.2, -0.15) is 0 Å². The predicted molar refractivity (Wildman–Crippen MR) is 152 cm³/mol. The first-order chi connectivity index (χ1) is 16.4. The van der Waals surface area contributed by atoms with Crippen LogP contribution in [0, 0.1) is 12.3 Å². The average molecular weight is 512 g/mol. The molecule has 8 heteroatoms. The van der Waals surface area contributed by atoms with Crippen LogP contribution in [0.1, 0.15) is 43.0 Å². The monoisotopic (exact) mass is 511 g/mol. The van der Waals surface area contributed by atoms with E-state index in [0.717, 1.165) is 33.3 Å². The molecule has 0 fully saturated rings. The molecule has 34 heavy (non-hydrogen) atoms. The summed E-state index contributed by atoms with van der Waals surface area (Å²) in [5.41, 5.74) is 16.2. The Morgan fingerprint density at radius 2 is 1.91 bits per heavy atom. The fraction of sp³-hybridized carbons (Fsp3) is 0.308. The number of anilines is 1. The van der Waals surface area contributed by atoms with Crippen LogP contribution >= 0.6 is 34.9 Å². The number of nitrogens with zero attached hydrogens (tertiary/aromatic N) is 1. The van der Waals surface area contributed by atoms with Gasteiger partial charge in [-0.15, -0.1) is 23.1 Å². The van der Waals surface area contributed by atoms with E-state index in [1.807, 2.05) is 12.1 Å². The van der Waals surface area contributed by atoms with Crippen LogP contribution in [0.15, 0.2) is 67.5 Å². The number of hydrogen-bond donors (Lipinski definition) is 4. The van der Waals surface area contributed by atoms with Crippen LogP contribution in [0.5, 0.6) is 0 Å². The van der Waals surface area contributed by atoms with Crippen molar-refractivity contribution in [2.24, 2.45) is 16.5 Å². The number of hydrogen-bond acceptors (Lipinski definition) is 5. The third-order valence-electron chi connectivity index (χ3n) is 5.28. The van der Waals surface area contributed by atoms with E-state index < -0.39 is 0 Å². The standard InChI is InChI=1S/C26H33N5S3/c1-4-5-6-7-13-30-26(29)31-19-11-12-21(17(2)14-19)18-9-8-10-20(15-18)33-23-16-22(24(27)28)34-25(23)32-3/h8-12,14-16H,4-7,13H2,1-3H3,(H3,27,28)(H3,29,30,31). The Kier molecular flexibility index (Phi) is 9.92. The zero-order valence-electron chi connectivity index (χ0n) is 20.0. The second kappa shape index (κ2) is 12.9. The quantitative estimate of drug-likeness (QED) is 0.0945. The van der Waals surface area contributed by atoms with Crippen molar-refractivity contribution < 1.29 is 0 Å². The molecule has 0 spiro atoms. The molecule has 0 unspecified atom stereocenters. The minimum absolute atomic E-state index is 0.118. The number of benzene rings is 2. The number of unbranched alkanes of at least 4 members (excludes halogenated alkanes) is 3. The molecule has 0 aliphatic heterocycles. The van der Waals surface area contributed by atoms with Gasteiger partial charge >= 0.3 is 0 Å². The van der Waals surface area contributed by atoms with Gasteiger partial charge in [0.2, 0.25) is 0 Å². The van der Waals surface area contributed by atoms with Crippen LogP contribution in [0.2, 0.25) is 0 Å². The van der Waals surface area contributed by atoms with Crippen LogP contribution in [0.25, 0.3) is 11.1 Å². The maximum absolute atomic E-state index is 7.74. The van der Waals surface area contributed by atoms with Gasteiger partial charge in [0.1, 0.15) is 5.84 Å². The van der Waals surface area contributed by atoms with Gasteiger partial charge in [0.05, 0.1) is 9.09 Å². The first-order valence-electron chi connectivity index (χ1n) is 11.4. The summed E-state index contributed by atoms with van der Waals surface area (Å²) in [6.45, 7) is 5.08. The average Bonchev–Trinajstić information content (AvgIpc) is 3.22. The number of thiophene rings is 1. The molecule has 1 aromatic heterocycles. The van der Waals surface area contributed by atoms with Crippen molar-refractivity contribution >= 4 is 52.3 Å². The van der Waals surface area contributed by atoms with Crippen molar-refractivity contribution in [3.63, 3.8) is 0 Å². The van der Waals surface area contributed by atoms with E-state index >= 15 is 0 Å². The Morgan fingerprint density at radius 3 is 2.62 bits per heavy atom. The van der Waals surface area contributed by atoms with E-state index in [1.165, 1.54) is 40.2 Å². The van der Waals surface area contributed by atoms with Crippen molar-refractivity contribution in [2.45, 2.75) is 53.5 Å². The topological polar surface area (TPSA) is 100 Å². The van der Waals surface area contributed by atoms with Crippen molar-refractivity contribution in [3.05, 3.63) is 59.0 Å². The number of amidine groups is 1. The smallest absolute Gasteiger partial charge is 0.193 e. The minimum atomic E-state index is 0.118. The fourth-order valence-electron chi connectivity index (χ4n) is 3.55. The van der Waals surface area contributed by atoms with Gasteiger partial charge in [-0.05, 0) is 66.6 Å². The van der Waals surface area contributed by atoms with E-state index in [9.17, 15) is 0 Å². The van der Waals surface area contributed by atoms with E-state index in [1.54, 1.807) is 34.9 Å². The van der Waals surface area contributed by atoms with E-state index in [4.69, 9.17) is 16.9 Å². The Morgan fingerprint density at radius 1 is 1.09 bits per heavy atom. The molecule has 0 atom stereocenters. The zero-order valence-corrected chi connectivity index (χ0v) is 22.4. The molecule has 0 saturated carbocycles. The number of guanidine groups is 1. The van der Waals surface area contributed by atoms with Gasteiger partial charge in [0.25, 0.3) is 0 Å². The molecule has 0 aliphatic rings. The third kappa shape index (κ3) is 7.29. The molecular formula is C26H33N5S3. The molecule has 2 aromatic carbocycles.